The number of pyridine rings is 1. The van der Waals surface area contributed by atoms with Gasteiger partial charge in [0.1, 0.15) is 11.4 Å². The summed E-state index contributed by atoms with van der Waals surface area (Å²) in [5.41, 5.74) is -0.274. The third-order valence-electron chi connectivity index (χ3n) is 6.97. The van der Waals surface area contributed by atoms with Crippen LogP contribution in [0.5, 0.6) is 0 Å². The molecule has 216 valence electrons. The zero-order valence-corrected chi connectivity index (χ0v) is 24.0. The van der Waals surface area contributed by atoms with E-state index >= 15 is 0 Å². The molecule has 0 bridgehead atoms. The summed E-state index contributed by atoms with van der Waals surface area (Å²) in [7, 11) is -2.35. The highest BCUT2D eigenvalue weighted by Crippen LogP contribution is 2.44. The standard InChI is InChI=1S/C27H31ClF3N5O3S/c1-6-20-19(14-22(32-7-2)27(29,30)31)33-25(35(20)5)23-21(40(38,39)8-3)13-18(28)24(34-23)36(15(4)16-9-10-16)26(37)17-11-12-17/h7,13-14,16-17,32H,2,4,6,8-12H2,1,3,5H3/b22-14-. The van der Waals surface area contributed by atoms with Crippen molar-refractivity contribution in [3.8, 4) is 11.5 Å². The van der Waals surface area contributed by atoms with Crippen molar-refractivity contribution in [1.29, 1.82) is 0 Å². The molecule has 0 spiro atoms. The van der Waals surface area contributed by atoms with E-state index in [1.165, 1.54) is 22.5 Å². The summed E-state index contributed by atoms with van der Waals surface area (Å²) in [5.74, 6) is -0.572. The predicted octanol–water partition coefficient (Wildman–Crippen LogP) is 5.79. The average molecular weight is 598 g/mol. The first-order valence-electron chi connectivity index (χ1n) is 12.9. The lowest BCUT2D eigenvalue weighted by molar-refractivity contribution is -0.119. The molecule has 0 radical (unpaired) electrons. The van der Waals surface area contributed by atoms with E-state index in [1.807, 2.05) is 0 Å². The van der Waals surface area contributed by atoms with Crippen LogP contribution in [0.3, 0.4) is 0 Å². The van der Waals surface area contributed by atoms with Crippen LogP contribution < -0.4 is 10.2 Å². The molecule has 0 aromatic carbocycles. The van der Waals surface area contributed by atoms with Crippen LogP contribution in [0, 0.1) is 11.8 Å². The number of hydrogen-bond donors (Lipinski definition) is 1. The molecular formula is C27H31ClF3N5O3S. The number of sulfone groups is 1. The Bertz CT molecular complexity index is 1480. The number of amides is 1. The third-order valence-corrected chi connectivity index (χ3v) is 8.99. The van der Waals surface area contributed by atoms with Gasteiger partial charge in [-0.3, -0.25) is 9.69 Å². The van der Waals surface area contributed by atoms with Crippen molar-refractivity contribution in [3.05, 3.63) is 53.2 Å². The van der Waals surface area contributed by atoms with Gasteiger partial charge in [-0.25, -0.2) is 18.4 Å². The second-order valence-corrected chi connectivity index (χ2v) is 12.5. The van der Waals surface area contributed by atoms with E-state index in [2.05, 4.69) is 28.4 Å². The Balaban J connectivity index is 1.98. The van der Waals surface area contributed by atoms with Gasteiger partial charge in [-0.1, -0.05) is 38.6 Å². The van der Waals surface area contributed by atoms with Gasteiger partial charge in [0.2, 0.25) is 5.91 Å². The third kappa shape index (κ3) is 5.83. The number of aromatic nitrogens is 3. The van der Waals surface area contributed by atoms with Crippen molar-refractivity contribution in [2.24, 2.45) is 18.9 Å². The van der Waals surface area contributed by atoms with E-state index in [0.717, 1.165) is 38.0 Å². The maximum Gasteiger partial charge on any atom is 0.431 e. The quantitative estimate of drug-likeness (QED) is 0.352. The molecule has 2 heterocycles. The molecule has 0 saturated heterocycles. The summed E-state index contributed by atoms with van der Waals surface area (Å²) in [6, 6.07) is 1.24. The van der Waals surface area contributed by atoms with Crippen LogP contribution in [0.15, 0.2) is 41.7 Å². The molecule has 40 heavy (non-hydrogen) atoms. The molecule has 2 fully saturated rings. The summed E-state index contributed by atoms with van der Waals surface area (Å²) in [6.45, 7) is 10.6. The molecule has 8 nitrogen and oxygen atoms in total. The molecular weight excluding hydrogens is 567 g/mol. The monoisotopic (exact) mass is 597 g/mol. The zero-order chi connectivity index (χ0) is 29.6. The van der Waals surface area contributed by atoms with Gasteiger partial charge >= 0.3 is 6.18 Å². The number of hydrogen-bond acceptors (Lipinski definition) is 6. The summed E-state index contributed by atoms with van der Waals surface area (Å²) < 4.78 is 68.8. The number of nitrogens with one attached hydrogen (secondary N) is 1. The number of rotatable bonds is 11. The average Bonchev–Trinajstić information content (AvgIpc) is 3.81. The van der Waals surface area contributed by atoms with Gasteiger partial charge in [0.15, 0.2) is 21.5 Å². The predicted molar refractivity (Wildman–Crippen MR) is 148 cm³/mol. The van der Waals surface area contributed by atoms with E-state index in [0.29, 0.717) is 11.4 Å². The Kier molecular flexibility index (Phi) is 8.24. The van der Waals surface area contributed by atoms with Crippen molar-refractivity contribution in [3.63, 3.8) is 0 Å². The van der Waals surface area contributed by atoms with Gasteiger partial charge in [-0.15, -0.1) is 0 Å². The number of halogens is 4. The minimum atomic E-state index is -4.72. The highest BCUT2D eigenvalue weighted by atomic mass is 35.5. The Hall–Kier alpha value is -3.12. The fourth-order valence-electron chi connectivity index (χ4n) is 4.42. The van der Waals surface area contributed by atoms with E-state index in [9.17, 15) is 26.4 Å². The highest BCUT2D eigenvalue weighted by Gasteiger charge is 2.41. The molecule has 2 aromatic heterocycles. The number of carbonyl (C=O) groups excluding carboxylic acids is 1. The lowest BCUT2D eigenvalue weighted by Crippen LogP contribution is -2.33. The van der Waals surface area contributed by atoms with Crippen LogP contribution in [0.25, 0.3) is 17.6 Å². The summed E-state index contributed by atoms with van der Waals surface area (Å²) in [4.78, 5) is 23.5. The van der Waals surface area contributed by atoms with Crippen LogP contribution >= 0.6 is 11.6 Å². The summed E-state index contributed by atoms with van der Waals surface area (Å²) in [6.07, 6.45) is 0.468. The molecule has 1 amide bonds. The number of allylic oxidation sites excluding steroid dienone is 2. The van der Waals surface area contributed by atoms with Crippen LogP contribution in [0.1, 0.15) is 50.9 Å². The first-order chi connectivity index (χ1) is 18.7. The van der Waals surface area contributed by atoms with E-state index in [1.54, 1.807) is 14.0 Å². The van der Waals surface area contributed by atoms with Crippen LogP contribution in [-0.4, -0.2) is 40.8 Å². The van der Waals surface area contributed by atoms with Crippen LogP contribution in [-0.2, 0) is 28.1 Å². The number of alkyl halides is 3. The van der Waals surface area contributed by atoms with E-state index in [-0.39, 0.29) is 62.9 Å². The van der Waals surface area contributed by atoms with Crippen LogP contribution in [0.2, 0.25) is 5.02 Å². The summed E-state index contributed by atoms with van der Waals surface area (Å²) >= 11 is 6.60. The van der Waals surface area contributed by atoms with Crippen molar-refractivity contribution in [1.82, 2.24) is 19.9 Å². The normalized spacial score (nSPS) is 16.1. The number of imidazole rings is 1. The number of anilines is 1. The van der Waals surface area contributed by atoms with Crippen molar-refractivity contribution in [2.45, 2.75) is 57.0 Å². The molecule has 2 saturated carbocycles. The van der Waals surface area contributed by atoms with E-state index in [4.69, 9.17) is 11.6 Å². The van der Waals surface area contributed by atoms with Gasteiger partial charge < -0.3 is 9.88 Å². The van der Waals surface area contributed by atoms with Gasteiger partial charge in [0.25, 0.3) is 0 Å². The largest absolute Gasteiger partial charge is 0.431 e. The lowest BCUT2D eigenvalue weighted by Gasteiger charge is -2.26. The van der Waals surface area contributed by atoms with Crippen molar-refractivity contribution >= 4 is 39.2 Å². The molecule has 4 rings (SSSR count). The molecule has 0 aliphatic heterocycles. The molecule has 2 aliphatic rings. The summed E-state index contributed by atoms with van der Waals surface area (Å²) in [5, 5.41) is 2.04. The minimum absolute atomic E-state index is 0.0176. The van der Waals surface area contributed by atoms with Gasteiger partial charge in [0, 0.05) is 24.4 Å². The fourth-order valence-corrected chi connectivity index (χ4v) is 5.76. The lowest BCUT2D eigenvalue weighted by atomic mass is 10.2. The van der Waals surface area contributed by atoms with Crippen molar-refractivity contribution in [2.75, 3.05) is 10.7 Å². The van der Waals surface area contributed by atoms with Gasteiger partial charge in [-0.2, -0.15) is 13.2 Å². The molecule has 2 aromatic rings. The highest BCUT2D eigenvalue weighted by molar-refractivity contribution is 7.91. The molecule has 13 heteroatoms. The zero-order valence-electron chi connectivity index (χ0n) is 22.5. The van der Waals surface area contributed by atoms with Crippen molar-refractivity contribution < 1.29 is 26.4 Å². The topological polar surface area (TPSA) is 97.2 Å². The first kappa shape index (κ1) is 29.9. The molecule has 2 aliphatic carbocycles. The number of nitrogens with zero attached hydrogens (tertiary/aromatic N) is 4. The Labute approximate surface area is 236 Å². The van der Waals surface area contributed by atoms with Gasteiger partial charge in [0.05, 0.1) is 21.4 Å². The smallest absolute Gasteiger partial charge is 0.358 e. The maximum absolute atomic E-state index is 13.6. The van der Waals surface area contributed by atoms with Crippen LogP contribution in [0.4, 0.5) is 19.0 Å². The molecule has 0 atom stereocenters. The maximum atomic E-state index is 13.6. The molecule has 0 unspecified atom stereocenters. The van der Waals surface area contributed by atoms with E-state index < -0.39 is 21.7 Å². The Morgan fingerprint density at radius 2 is 1.85 bits per heavy atom. The second kappa shape index (κ2) is 11.0. The Morgan fingerprint density at radius 1 is 1.23 bits per heavy atom. The Morgan fingerprint density at radius 3 is 2.35 bits per heavy atom. The first-order valence-corrected chi connectivity index (χ1v) is 15.0. The van der Waals surface area contributed by atoms with Gasteiger partial charge in [-0.05, 0) is 56.4 Å². The molecule has 1 N–H and O–H groups in total. The fraction of sp³-hybridized carbons (Fsp3) is 0.444. The minimum Gasteiger partial charge on any atom is -0.358 e. The second-order valence-electron chi connectivity index (χ2n) is 9.84. The SMILES string of the molecule is C=CN/C(=C\c1nc(-c2nc(N(C(=C)C3CC3)C(=O)C3CC3)c(Cl)cc2S(=O)(=O)CC)n(C)c1CC)C(F)(F)F. The number of carbonyl (C=O) groups is 1.